The second kappa shape index (κ2) is 8.88. The van der Waals surface area contributed by atoms with Gasteiger partial charge >= 0.3 is 0 Å². The normalized spacial score (nSPS) is 15.3. The van der Waals surface area contributed by atoms with Crippen molar-refractivity contribution in [2.75, 3.05) is 31.1 Å². The number of halogens is 2. The first-order chi connectivity index (χ1) is 13.0. The lowest BCUT2D eigenvalue weighted by molar-refractivity contribution is 0.249. The molecule has 0 bridgehead atoms. The van der Waals surface area contributed by atoms with Gasteiger partial charge in [0, 0.05) is 44.4 Å². The number of nitrogens with zero attached hydrogens (tertiary/aromatic N) is 3. The average molecular weight is 389 g/mol. The van der Waals surface area contributed by atoms with Gasteiger partial charge < -0.3 is 10.6 Å². The van der Waals surface area contributed by atoms with E-state index in [2.05, 4.69) is 39.8 Å². The third kappa shape index (κ3) is 5.21. The molecule has 1 saturated heterocycles. The largest absolute Gasteiger partial charge is 0.375 e. The van der Waals surface area contributed by atoms with Crippen LogP contribution in [0.1, 0.15) is 11.1 Å². The van der Waals surface area contributed by atoms with E-state index in [1.807, 2.05) is 23.1 Å². The highest BCUT2D eigenvalue weighted by Gasteiger charge is 2.21. The summed E-state index contributed by atoms with van der Waals surface area (Å²) in [4.78, 5) is 4.18. The fourth-order valence-corrected chi connectivity index (χ4v) is 3.10. The summed E-state index contributed by atoms with van der Waals surface area (Å²) in [5.41, 5.74) is 9.10. The highest BCUT2D eigenvalue weighted by molar-refractivity contribution is 7.80. The minimum Gasteiger partial charge on any atom is -0.375 e. The van der Waals surface area contributed by atoms with Crippen molar-refractivity contribution in [1.82, 2.24) is 10.3 Å². The van der Waals surface area contributed by atoms with Gasteiger partial charge in [-0.3, -0.25) is 10.3 Å². The third-order valence-corrected chi connectivity index (χ3v) is 4.50. The average Bonchev–Trinajstić information content (AvgIpc) is 2.65. The van der Waals surface area contributed by atoms with Crippen LogP contribution in [0.25, 0.3) is 0 Å². The molecule has 0 atom stereocenters. The highest BCUT2D eigenvalue weighted by atomic mass is 32.1. The Hall–Kier alpha value is -2.58. The number of rotatable bonds is 5. The van der Waals surface area contributed by atoms with Crippen LogP contribution in [0.5, 0.6) is 0 Å². The van der Waals surface area contributed by atoms with Crippen molar-refractivity contribution < 1.29 is 8.78 Å². The van der Waals surface area contributed by atoms with Crippen LogP contribution >= 0.6 is 12.2 Å². The van der Waals surface area contributed by atoms with Gasteiger partial charge in [-0.25, -0.2) is 8.78 Å². The molecule has 0 amide bonds. The summed E-state index contributed by atoms with van der Waals surface area (Å²) >= 11 is 4.60. The van der Waals surface area contributed by atoms with E-state index in [-0.39, 0.29) is 16.4 Å². The molecule has 142 valence electrons. The summed E-state index contributed by atoms with van der Waals surface area (Å²) in [6, 6.07) is 12.6. The Bertz CT molecular complexity index is 820. The second-order valence-corrected chi connectivity index (χ2v) is 6.75. The number of nitrogens with one attached hydrogen (secondary N) is 1. The van der Waals surface area contributed by atoms with E-state index in [0.717, 1.165) is 31.9 Å². The van der Waals surface area contributed by atoms with Gasteiger partial charge in [-0.2, -0.15) is 5.10 Å². The highest BCUT2D eigenvalue weighted by Crippen LogP contribution is 2.24. The van der Waals surface area contributed by atoms with Gasteiger partial charge in [-0.1, -0.05) is 30.3 Å². The monoisotopic (exact) mass is 389 g/mol. The topological polar surface area (TPSA) is 56.9 Å². The zero-order chi connectivity index (χ0) is 19.2. The van der Waals surface area contributed by atoms with Crippen molar-refractivity contribution in [2.45, 2.75) is 6.54 Å². The molecule has 1 aliphatic heterocycles. The molecule has 3 rings (SSSR count). The van der Waals surface area contributed by atoms with Crippen LogP contribution in [0, 0.1) is 11.6 Å². The molecule has 0 radical (unpaired) electrons. The Morgan fingerprint density at radius 3 is 2.48 bits per heavy atom. The van der Waals surface area contributed by atoms with E-state index >= 15 is 0 Å². The minimum atomic E-state index is -0.549. The van der Waals surface area contributed by atoms with Crippen LogP contribution in [0.2, 0.25) is 0 Å². The van der Waals surface area contributed by atoms with E-state index < -0.39 is 11.6 Å². The fourth-order valence-electron chi connectivity index (χ4n) is 3.05. The zero-order valence-corrected chi connectivity index (χ0v) is 15.6. The lowest BCUT2D eigenvalue weighted by Gasteiger charge is -2.36. The van der Waals surface area contributed by atoms with Crippen molar-refractivity contribution in [3.63, 3.8) is 0 Å². The van der Waals surface area contributed by atoms with Gasteiger partial charge in [0.15, 0.2) is 5.11 Å². The Morgan fingerprint density at radius 1 is 1.11 bits per heavy atom. The maximum absolute atomic E-state index is 14.5. The number of nitrogens with two attached hydrogens (primary N) is 1. The van der Waals surface area contributed by atoms with E-state index in [9.17, 15) is 8.78 Å². The standard InChI is InChI=1S/C19H21F2N5S/c20-16-11-18(17(21)10-15(16)12-23-24-19(22)27)26-8-6-25(7-9-26)13-14-4-2-1-3-5-14/h1-5,10-12H,6-9,13H2,(H3,22,24,27). The summed E-state index contributed by atoms with van der Waals surface area (Å²) in [6.45, 7) is 3.71. The molecule has 1 fully saturated rings. The van der Waals surface area contributed by atoms with Crippen molar-refractivity contribution in [3.05, 3.63) is 65.2 Å². The first-order valence-electron chi connectivity index (χ1n) is 8.61. The predicted octanol–water partition coefficient (Wildman–Crippen LogP) is 2.45. The van der Waals surface area contributed by atoms with Gasteiger partial charge in [0.25, 0.3) is 0 Å². The molecule has 0 spiro atoms. The van der Waals surface area contributed by atoms with Crippen molar-refractivity contribution in [2.24, 2.45) is 10.8 Å². The SMILES string of the molecule is NC(=S)NN=Cc1cc(F)c(N2CCN(Cc3ccccc3)CC2)cc1F. The number of benzene rings is 2. The Kier molecular flexibility index (Phi) is 6.31. The van der Waals surface area contributed by atoms with Gasteiger partial charge in [-0.15, -0.1) is 0 Å². The van der Waals surface area contributed by atoms with Crippen LogP contribution in [0.15, 0.2) is 47.6 Å². The maximum atomic E-state index is 14.5. The molecular formula is C19H21F2N5S. The molecule has 0 aromatic heterocycles. The van der Waals surface area contributed by atoms with Crippen LogP contribution in [0.3, 0.4) is 0 Å². The molecule has 1 aliphatic rings. The summed E-state index contributed by atoms with van der Waals surface area (Å²) < 4.78 is 28.8. The molecule has 27 heavy (non-hydrogen) atoms. The summed E-state index contributed by atoms with van der Waals surface area (Å²) in [6.07, 6.45) is 1.15. The van der Waals surface area contributed by atoms with Gasteiger partial charge in [-0.05, 0) is 23.8 Å². The number of hydrogen-bond acceptors (Lipinski definition) is 4. The first kappa shape index (κ1) is 19.2. The molecule has 2 aromatic carbocycles. The molecule has 0 saturated carbocycles. The Labute approximate surface area is 162 Å². The van der Waals surface area contributed by atoms with Gasteiger partial charge in [0.1, 0.15) is 11.6 Å². The number of thiocarbonyl (C=S) groups is 1. The van der Waals surface area contributed by atoms with E-state index in [1.54, 1.807) is 0 Å². The van der Waals surface area contributed by atoms with Gasteiger partial charge in [0.05, 0.1) is 11.9 Å². The molecule has 5 nitrogen and oxygen atoms in total. The molecule has 8 heteroatoms. The molecule has 1 heterocycles. The summed E-state index contributed by atoms with van der Waals surface area (Å²) in [7, 11) is 0. The van der Waals surface area contributed by atoms with E-state index in [4.69, 9.17) is 5.73 Å². The smallest absolute Gasteiger partial charge is 0.184 e. The van der Waals surface area contributed by atoms with Crippen LogP contribution < -0.4 is 16.1 Å². The molecule has 3 N–H and O–H groups in total. The van der Waals surface area contributed by atoms with Gasteiger partial charge in [0.2, 0.25) is 0 Å². The molecular weight excluding hydrogens is 368 g/mol. The second-order valence-electron chi connectivity index (χ2n) is 6.31. The van der Waals surface area contributed by atoms with Crippen molar-refractivity contribution in [3.8, 4) is 0 Å². The molecule has 2 aromatic rings. The van der Waals surface area contributed by atoms with Crippen LogP contribution in [0.4, 0.5) is 14.5 Å². The number of anilines is 1. The van der Waals surface area contributed by atoms with Crippen molar-refractivity contribution in [1.29, 1.82) is 0 Å². The zero-order valence-electron chi connectivity index (χ0n) is 14.7. The molecule has 0 unspecified atom stereocenters. The Morgan fingerprint density at radius 2 is 1.81 bits per heavy atom. The lowest BCUT2D eigenvalue weighted by atomic mass is 10.1. The minimum absolute atomic E-state index is 0.0303. The van der Waals surface area contributed by atoms with E-state index in [0.29, 0.717) is 13.1 Å². The Balaban J connectivity index is 1.63. The van der Waals surface area contributed by atoms with Crippen LogP contribution in [-0.4, -0.2) is 42.4 Å². The summed E-state index contributed by atoms with van der Waals surface area (Å²) in [5, 5.41) is 3.62. The number of hydrogen-bond donors (Lipinski definition) is 2. The lowest BCUT2D eigenvalue weighted by Crippen LogP contribution is -2.46. The first-order valence-corrected chi connectivity index (χ1v) is 9.02. The summed E-state index contributed by atoms with van der Waals surface area (Å²) in [5.74, 6) is -1.03. The van der Waals surface area contributed by atoms with Crippen LogP contribution in [-0.2, 0) is 6.54 Å². The third-order valence-electron chi connectivity index (χ3n) is 4.41. The van der Waals surface area contributed by atoms with Crippen molar-refractivity contribution >= 4 is 29.2 Å². The number of hydrazone groups is 1. The quantitative estimate of drug-likeness (QED) is 0.467. The predicted molar refractivity (Wildman–Crippen MR) is 108 cm³/mol. The number of piperazine rings is 1. The fraction of sp³-hybridized carbons (Fsp3) is 0.263. The maximum Gasteiger partial charge on any atom is 0.184 e. The van der Waals surface area contributed by atoms with E-state index in [1.165, 1.54) is 11.6 Å². The molecule has 0 aliphatic carbocycles.